The van der Waals surface area contributed by atoms with Crippen molar-refractivity contribution in [1.29, 1.82) is 0 Å². The van der Waals surface area contributed by atoms with Gasteiger partial charge in [0.05, 0.1) is 5.69 Å². The first kappa shape index (κ1) is 18.1. The number of nitrogens with one attached hydrogen (secondary N) is 2. The molecule has 0 aliphatic carbocycles. The Bertz CT molecular complexity index is 1030. The van der Waals surface area contributed by atoms with Crippen molar-refractivity contribution in [2.75, 3.05) is 22.1 Å². The van der Waals surface area contributed by atoms with Crippen molar-refractivity contribution in [2.45, 2.75) is 6.92 Å². The van der Waals surface area contributed by atoms with Crippen LogP contribution in [0.3, 0.4) is 0 Å². The van der Waals surface area contributed by atoms with Crippen molar-refractivity contribution in [3.05, 3.63) is 89.5 Å². The minimum atomic E-state index is -0.0769. The molecular formula is C23H20ClN3O. The van der Waals surface area contributed by atoms with Crippen LogP contribution in [0.25, 0.3) is 5.70 Å². The summed E-state index contributed by atoms with van der Waals surface area (Å²) in [5, 5.41) is 7.01. The monoisotopic (exact) mass is 389 g/mol. The second kappa shape index (κ2) is 7.79. The third-order valence-corrected chi connectivity index (χ3v) is 4.84. The van der Waals surface area contributed by atoms with E-state index < -0.39 is 0 Å². The summed E-state index contributed by atoms with van der Waals surface area (Å²) >= 11 is 6.04. The average molecular weight is 390 g/mol. The lowest BCUT2D eigenvalue weighted by Crippen LogP contribution is -2.23. The van der Waals surface area contributed by atoms with Crippen molar-refractivity contribution < 1.29 is 4.79 Å². The summed E-state index contributed by atoms with van der Waals surface area (Å²) < 4.78 is 0. The molecule has 1 aliphatic rings. The van der Waals surface area contributed by atoms with Gasteiger partial charge in [-0.3, -0.25) is 4.79 Å². The molecule has 3 aromatic carbocycles. The van der Waals surface area contributed by atoms with E-state index in [1.54, 1.807) is 0 Å². The van der Waals surface area contributed by atoms with Gasteiger partial charge in [0.1, 0.15) is 0 Å². The van der Waals surface area contributed by atoms with Gasteiger partial charge in [0.15, 0.2) is 0 Å². The number of carbonyl (C=O) groups is 1. The predicted octanol–water partition coefficient (Wildman–Crippen LogP) is 5.90. The van der Waals surface area contributed by atoms with Gasteiger partial charge in [-0.1, -0.05) is 29.8 Å². The zero-order valence-corrected chi connectivity index (χ0v) is 16.2. The second-order valence-corrected chi connectivity index (χ2v) is 7.04. The normalized spacial score (nSPS) is 12.8. The van der Waals surface area contributed by atoms with Crippen molar-refractivity contribution in [1.82, 2.24) is 0 Å². The molecule has 0 bridgehead atoms. The molecule has 4 rings (SSSR count). The maximum absolute atomic E-state index is 11.2. The molecule has 0 spiro atoms. The van der Waals surface area contributed by atoms with Crippen LogP contribution < -0.4 is 15.5 Å². The molecule has 4 nitrogen and oxygen atoms in total. The Morgan fingerprint density at radius 1 is 0.929 bits per heavy atom. The molecule has 0 atom stereocenters. The predicted molar refractivity (Wildman–Crippen MR) is 117 cm³/mol. The molecule has 1 heterocycles. The number of para-hydroxylation sites is 1. The average Bonchev–Trinajstić information content (AvgIpc) is 2.70. The first-order valence-electron chi connectivity index (χ1n) is 9.07. The number of benzene rings is 3. The molecule has 0 unspecified atom stereocenters. The highest BCUT2D eigenvalue weighted by Gasteiger charge is 2.19. The number of hydrogen-bond acceptors (Lipinski definition) is 3. The third kappa shape index (κ3) is 3.87. The number of carbonyl (C=O) groups excluding carboxylic acids is 1. The quantitative estimate of drug-likeness (QED) is 0.583. The fourth-order valence-corrected chi connectivity index (χ4v) is 3.43. The number of halogens is 1. The Balaban J connectivity index is 1.59. The lowest BCUT2D eigenvalue weighted by molar-refractivity contribution is -0.114. The third-order valence-electron chi connectivity index (χ3n) is 4.59. The van der Waals surface area contributed by atoms with Crippen LogP contribution in [0.4, 0.5) is 22.7 Å². The summed E-state index contributed by atoms with van der Waals surface area (Å²) in [7, 11) is 0. The summed E-state index contributed by atoms with van der Waals surface area (Å²) in [5.74, 6) is -0.0769. The molecule has 2 N–H and O–H groups in total. The Kier molecular flexibility index (Phi) is 5.04. The maximum Gasteiger partial charge on any atom is 0.221 e. The Labute approximate surface area is 169 Å². The first-order chi connectivity index (χ1) is 13.6. The number of hydrogen-bond donors (Lipinski definition) is 2. The number of fused-ring (bicyclic) bond motifs is 1. The van der Waals surface area contributed by atoms with Gasteiger partial charge < -0.3 is 15.5 Å². The van der Waals surface area contributed by atoms with Crippen molar-refractivity contribution in [3.63, 3.8) is 0 Å². The van der Waals surface area contributed by atoms with E-state index in [1.165, 1.54) is 6.92 Å². The number of nitrogens with zero attached hydrogens (tertiary/aromatic N) is 1. The van der Waals surface area contributed by atoms with Crippen LogP contribution in [0.2, 0.25) is 5.02 Å². The van der Waals surface area contributed by atoms with Crippen LogP contribution in [0.5, 0.6) is 0 Å². The van der Waals surface area contributed by atoms with Crippen molar-refractivity contribution in [3.8, 4) is 0 Å². The van der Waals surface area contributed by atoms with E-state index in [2.05, 4.69) is 33.7 Å². The Morgan fingerprint density at radius 2 is 1.61 bits per heavy atom. The topological polar surface area (TPSA) is 44.4 Å². The van der Waals surface area contributed by atoms with Gasteiger partial charge in [-0.05, 0) is 60.7 Å². The molecule has 28 heavy (non-hydrogen) atoms. The molecule has 1 amide bonds. The van der Waals surface area contributed by atoms with Gasteiger partial charge in [-0.15, -0.1) is 0 Å². The van der Waals surface area contributed by atoms with E-state index in [0.717, 1.165) is 45.6 Å². The second-order valence-electron chi connectivity index (χ2n) is 6.61. The highest BCUT2D eigenvalue weighted by molar-refractivity contribution is 6.30. The van der Waals surface area contributed by atoms with Crippen LogP contribution in [0, 0.1) is 0 Å². The molecule has 5 heteroatoms. The number of rotatable bonds is 4. The number of amides is 1. The minimum absolute atomic E-state index is 0.0769. The van der Waals surface area contributed by atoms with Gasteiger partial charge >= 0.3 is 0 Å². The highest BCUT2D eigenvalue weighted by Crippen LogP contribution is 2.36. The zero-order chi connectivity index (χ0) is 19.5. The van der Waals surface area contributed by atoms with Crippen LogP contribution in [0.1, 0.15) is 12.5 Å². The summed E-state index contributed by atoms with van der Waals surface area (Å²) in [6.07, 6.45) is 2.18. The molecule has 140 valence electrons. The summed E-state index contributed by atoms with van der Waals surface area (Å²) in [4.78, 5) is 13.4. The molecular weight excluding hydrogens is 370 g/mol. The highest BCUT2D eigenvalue weighted by atomic mass is 35.5. The van der Waals surface area contributed by atoms with E-state index >= 15 is 0 Å². The minimum Gasteiger partial charge on any atom is -0.355 e. The zero-order valence-electron chi connectivity index (χ0n) is 15.4. The first-order valence-corrected chi connectivity index (χ1v) is 9.45. The van der Waals surface area contributed by atoms with Gasteiger partial charge in [0.25, 0.3) is 0 Å². The molecule has 0 aromatic heterocycles. The smallest absolute Gasteiger partial charge is 0.221 e. The number of anilines is 4. The SMILES string of the molecule is CC(=O)Nc1ccc(NC2=CCN(c3ccc(Cl)cc3)c3ccccc32)cc1. The van der Waals surface area contributed by atoms with E-state index in [-0.39, 0.29) is 5.91 Å². The van der Waals surface area contributed by atoms with E-state index in [1.807, 2.05) is 60.7 Å². The molecule has 0 saturated carbocycles. The van der Waals surface area contributed by atoms with Crippen LogP contribution >= 0.6 is 11.6 Å². The molecule has 1 aliphatic heterocycles. The van der Waals surface area contributed by atoms with Gasteiger partial charge in [0, 0.05) is 46.8 Å². The molecule has 3 aromatic rings. The van der Waals surface area contributed by atoms with Crippen LogP contribution in [0.15, 0.2) is 78.9 Å². The Hall–Kier alpha value is -3.24. The lowest BCUT2D eigenvalue weighted by atomic mass is 10.0. The van der Waals surface area contributed by atoms with E-state index in [9.17, 15) is 4.79 Å². The lowest BCUT2D eigenvalue weighted by Gasteiger charge is -2.31. The van der Waals surface area contributed by atoms with E-state index in [4.69, 9.17) is 11.6 Å². The van der Waals surface area contributed by atoms with E-state index in [0.29, 0.717) is 0 Å². The van der Waals surface area contributed by atoms with Gasteiger partial charge in [0.2, 0.25) is 5.91 Å². The summed E-state index contributed by atoms with van der Waals surface area (Å²) in [6.45, 7) is 2.26. The van der Waals surface area contributed by atoms with Crippen molar-refractivity contribution in [2.24, 2.45) is 0 Å². The standard InChI is InChI=1S/C23H20ClN3O/c1-16(28)25-18-8-10-19(11-9-18)26-22-14-15-27(20-12-6-17(24)7-13-20)23-5-3-2-4-21(22)23/h2-14,26H,15H2,1H3,(H,25,28). The molecule has 0 fully saturated rings. The fraction of sp³-hybridized carbons (Fsp3) is 0.0870. The van der Waals surface area contributed by atoms with Gasteiger partial charge in [-0.2, -0.15) is 0 Å². The summed E-state index contributed by atoms with van der Waals surface area (Å²) in [5.41, 5.74) is 6.19. The Morgan fingerprint density at radius 3 is 2.32 bits per heavy atom. The van der Waals surface area contributed by atoms with Gasteiger partial charge in [-0.25, -0.2) is 0 Å². The fourth-order valence-electron chi connectivity index (χ4n) is 3.31. The van der Waals surface area contributed by atoms with Crippen LogP contribution in [-0.4, -0.2) is 12.5 Å². The van der Waals surface area contributed by atoms with Crippen LogP contribution in [-0.2, 0) is 4.79 Å². The molecule has 0 saturated heterocycles. The largest absolute Gasteiger partial charge is 0.355 e. The molecule has 0 radical (unpaired) electrons. The summed E-state index contributed by atoms with van der Waals surface area (Å²) in [6, 6.07) is 23.9. The van der Waals surface area contributed by atoms with Crippen molar-refractivity contribution >= 4 is 46.0 Å². The maximum atomic E-state index is 11.2.